The van der Waals surface area contributed by atoms with Gasteiger partial charge < -0.3 is 9.51 Å². The molecule has 2 aromatic rings. The third kappa shape index (κ3) is 1.70. The zero-order valence-electron chi connectivity index (χ0n) is 9.37. The first kappa shape index (κ1) is 10.3. The highest BCUT2D eigenvalue weighted by Crippen LogP contribution is 2.21. The van der Waals surface area contributed by atoms with Gasteiger partial charge in [0.1, 0.15) is 6.07 Å². The minimum absolute atomic E-state index is 0.197. The van der Waals surface area contributed by atoms with Gasteiger partial charge in [0.25, 0.3) is 0 Å². The van der Waals surface area contributed by atoms with Crippen molar-refractivity contribution in [3.8, 4) is 6.07 Å². The van der Waals surface area contributed by atoms with Gasteiger partial charge in [-0.3, -0.25) is 4.90 Å². The van der Waals surface area contributed by atoms with E-state index in [9.17, 15) is 10.4 Å². The zero-order valence-corrected chi connectivity index (χ0v) is 9.37. The number of likely N-dealkylation sites (tertiary alicyclic amines) is 1. The first-order chi connectivity index (χ1) is 8.28. The van der Waals surface area contributed by atoms with Crippen LogP contribution in [0.5, 0.6) is 0 Å². The van der Waals surface area contributed by atoms with Gasteiger partial charge >= 0.3 is 0 Å². The minimum atomic E-state index is -0.197. The first-order valence-electron chi connectivity index (χ1n) is 5.67. The predicted octanol–water partition coefficient (Wildman–Crippen LogP) is 0.987. The number of aromatic nitrogens is 1. The molecule has 0 unspecified atom stereocenters. The molecule has 0 bridgehead atoms. The first-order valence-corrected chi connectivity index (χ1v) is 5.67. The lowest BCUT2D eigenvalue weighted by Crippen LogP contribution is -2.49. The van der Waals surface area contributed by atoms with E-state index in [0.717, 1.165) is 23.2 Å². The molecule has 1 aliphatic rings. The molecular formula is C13H13N3O. The van der Waals surface area contributed by atoms with Crippen molar-refractivity contribution in [3.05, 3.63) is 41.7 Å². The van der Waals surface area contributed by atoms with Gasteiger partial charge in [-0.05, 0) is 12.1 Å². The molecule has 4 heteroatoms. The lowest BCUT2D eigenvalue weighted by atomic mass is 10.1. The number of rotatable bonds is 2. The summed E-state index contributed by atoms with van der Waals surface area (Å²) < 4.78 is 1.98. The molecule has 1 saturated heterocycles. The number of nitriles is 1. The molecule has 0 spiro atoms. The molecule has 0 saturated carbocycles. The summed E-state index contributed by atoms with van der Waals surface area (Å²) in [6, 6.07) is 8.11. The standard InChI is InChI=1S/C13H13N3O/c14-5-12-10(6-15-8-11(17)9-15)7-16-4-2-1-3-13(12)16/h1-4,7,11,17H,6,8-9H2. The molecule has 0 atom stereocenters. The van der Waals surface area contributed by atoms with E-state index in [1.807, 2.05) is 35.0 Å². The fourth-order valence-electron chi connectivity index (χ4n) is 2.34. The van der Waals surface area contributed by atoms with Crippen LogP contribution in [0.2, 0.25) is 0 Å². The van der Waals surface area contributed by atoms with Gasteiger partial charge in [0, 0.05) is 37.6 Å². The van der Waals surface area contributed by atoms with Crippen molar-refractivity contribution in [1.82, 2.24) is 9.30 Å². The molecule has 0 radical (unpaired) electrons. The Labute approximate surface area is 99.3 Å². The SMILES string of the molecule is N#Cc1c(CN2CC(O)C2)cn2ccccc12. The fourth-order valence-corrected chi connectivity index (χ4v) is 2.34. The van der Waals surface area contributed by atoms with Crippen molar-refractivity contribution in [1.29, 1.82) is 5.26 Å². The monoisotopic (exact) mass is 227 g/mol. The summed E-state index contributed by atoms with van der Waals surface area (Å²) in [6.45, 7) is 2.15. The Balaban J connectivity index is 1.96. The number of fused-ring (bicyclic) bond motifs is 1. The third-order valence-corrected chi connectivity index (χ3v) is 3.21. The Hall–Kier alpha value is -1.83. The molecular weight excluding hydrogens is 214 g/mol. The molecule has 0 aromatic carbocycles. The van der Waals surface area contributed by atoms with Crippen molar-refractivity contribution in [2.75, 3.05) is 13.1 Å². The molecule has 2 aromatic heterocycles. The van der Waals surface area contributed by atoms with Crippen molar-refractivity contribution < 1.29 is 5.11 Å². The van der Waals surface area contributed by atoms with E-state index in [0.29, 0.717) is 13.1 Å². The molecule has 1 N–H and O–H groups in total. The molecule has 17 heavy (non-hydrogen) atoms. The maximum atomic E-state index is 9.25. The topological polar surface area (TPSA) is 51.7 Å². The number of aliphatic hydroxyl groups excluding tert-OH is 1. The smallest absolute Gasteiger partial charge is 0.102 e. The average Bonchev–Trinajstić information content (AvgIpc) is 2.64. The second-order valence-electron chi connectivity index (χ2n) is 4.48. The number of nitrogens with zero attached hydrogens (tertiary/aromatic N) is 3. The van der Waals surface area contributed by atoms with Crippen LogP contribution in [-0.2, 0) is 6.54 Å². The minimum Gasteiger partial charge on any atom is -0.390 e. The van der Waals surface area contributed by atoms with Crippen LogP contribution < -0.4 is 0 Å². The van der Waals surface area contributed by atoms with Crippen LogP contribution >= 0.6 is 0 Å². The second-order valence-corrected chi connectivity index (χ2v) is 4.48. The maximum absolute atomic E-state index is 9.25. The van der Waals surface area contributed by atoms with E-state index in [4.69, 9.17) is 0 Å². The van der Waals surface area contributed by atoms with Gasteiger partial charge in [-0.15, -0.1) is 0 Å². The highest BCUT2D eigenvalue weighted by atomic mass is 16.3. The Morgan fingerprint density at radius 2 is 2.24 bits per heavy atom. The molecule has 0 amide bonds. The predicted molar refractivity (Wildman–Crippen MR) is 63.4 cm³/mol. The zero-order chi connectivity index (χ0) is 11.8. The lowest BCUT2D eigenvalue weighted by molar-refractivity contribution is -0.00288. The number of hydrogen-bond acceptors (Lipinski definition) is 3. The summed E-state index contributed by atoms with van der Waals surface area (Å²) in [7, 11) is 0. The van der Waals surface area contributed by atoms with Gasteiger partial charge in [0.2, 0.25) is 0 Å². The summed E-state index contributed by atoms with van der Waals surface area (Å²) in [5.41, 5.74) is 2.73. The summed E-state index contributed by atoms with van der Waals surface area (Å²) in [4.78, 5) is 2.14. The van der Waals surface area contributed by atoms with Gasteiger partial charge in [0.15, 0.2) is 0 Å². The normalized spacial score (nSPS) is 16.9. The maximum Gasteiger partial charge on any atom is 0.102 e. The highest BCUT2D eigenvalue weighted by Gasteiger charge is 2.25. The lowest BCUT2D eigenvalue weighted by Gasteiger charge is -2.35. The summed E-state index contributed by atoms with van der Waals surface area (Å²) in [5.74, 6) is 0. The molecule has 4 nitrogen and oxygen atoms in total. The molecule has 86 valence electrons. The van der Waals surface area contributed by atoms with Crippen molar-refractivity contribution >= 4 is 5.52 Å². The van der Waals surface area contributed by atoms with E-state index >= 15 is 0 Å². The van der Waals surface area contributed by atoms with Crippen LogP contribution in [0.1, 0.15) is 11.1 Å². The van der Waals surface area contributed by atoms with Crippen molar-refractivity contribution in [2.45, 2.75) is 12.6 Å². The molecule has 1 fully saturated rings. The Morgan fingerprint density at radius 3 is 2.94 bits per heavy atom. The van der Waals surface area contributed by atoms with Crippen LogP contribution in [0.15, 0.2) is 30.6 Å². The van der Waals surface area contributed by atoms with Crippen molar-refractivity contribution in [3.63, 3.8) is 0 Å². The highest BCUT2D eigenvalue weighted by molar-refractivity contribution is 5.65. The van der Waals surface area contributed by atoms with Crippen LogP contribution in [0, 0.1) is 11.3 Å². The molecule has 3 rings (SSSR count). The molecule has 1 aliphatic heterocycles. The third-order valence-electron chi connectivity index (χ3n) is 3.21. The Bertz CT molecular complexity index is 590. The number of hydrogen-bond donors (Lipinski definition) is 1. The molecule has 0 aliphatic carbocycles. The Kier molecular flexibility index (Phi) is 2.36. The van der Waals surface area contributed by atoms with Crippen LogP contribution in [0.3, 0.4) is 0 Å². The van der Waals surface area contributed by atoms with Crippen LogP contribution in [0.4, 0.5) is 0 Å². The summed E-state index contributed by atoms with van der Waals surface area (Å²) in [5, 5.41) is 18.5. The van der Waals surface area contributed by atoms with Gasteiger partial charge in [-0.1, -0.05) is 6.07 Å². The summed E-state index contributed by atoms with van der Waals surface area (Å²) >= 11 is 0. The van der Waals surface area contributed by atoms with Crippen LogP contribution in [-0.4, -0.2) is 33.6 Å². The van der Waals surface area contributed by atoms with E-state index in [1.54, 1.807) is 0 Å². The number of aliphatic hydroxyl groups is 1. The average molecular weight is 227 g/mol. The second kappa shape index (κ2) is 3.88. The quantitative estimate of drug-likeness (QED) is 0.832. The van der Waals surface area contributed by atoms with Gasteiger partial charge in [0.05, 0.1) is 17.2 Å². The van der Waals surface area contributed by atoms with E-state index in [2.05, 4.69) is 11.0 Å². The van der Waals surface area contributed by atoms with E-state index < -0.39 is 0 Å². The molecule has 3 heterocycles. The van der Waals surface area contributed by atoms with E-state index in [-0.39, 0.29) is 6.10 Å². The van der Waals surface area contributed by atoms with Crippen molar-refractivity contribution in [2.24, 2.45) is 0 Å². The van der Waals surface area contributed by atoms with Crippen LogP contribution in [0.25, 0.3) is 5.52 Å². The van der Waals surface area contributed by atoms with Gasteiger partial charge in [-0.2, -0.15) is 5.26 Å². The fraction of sp³-hybridized carbons (Fsp3) is 0.308. The van der Waals surface area contributed by atoms with Gasteiger partial charge in [-0.25, -0.2) is 0 Å². The van der Waals surface area contributed by atoms with E-state index in [1.165, 1.54) is 0 Å². The number of β-amino-alcohol motifs (C(OH)–C–C–N with tert-alkyl or cyclic N) is 1. The summed E-state index contributed by atoms with van der Waals surface area (Å²) in [6.07, 6.45) is 3.75. The number of pyridine rings is 1. The largest absolute Gasteiger partial charge is 0.390 e. The Morgan fingerprint density at radius 1 is 1.41 bits per heavy atom.